The highest BCUT2D eigenvalue weighted by molar-refractivity contribution is 5.90. The zero-order chi connectivity index (χ0) is 87.8. The Balaban J connectivity index is 0.000000148. The molecule has 5 unspecified atom stereocenters. The molecule has 15 heterocycles. The third-order valence-corrected chi connectivity index (χ3v) is 21.0. The number of carbonyl (C=O) groups is 3. The zero-order valence-corrected chi connectivity index (χ0v) is 70.9. The van der Waals surface area contributed by atoms with Crippen molar-refractivity contribution < 1.29 is 51.2 Å². The lowest BCUT2D eigenvalue weighted by Gasteiger charge is -2.37. The van der Waals surface area contributed by atoms with Crippen molar-refractivity contribution >= 4 is 109 Å². The predicted octanol–water partition coefficient (Wildman–Crippen LogP) is 18.5. The molecule has 32 nitrogen and oxygen atoms in total. The van der Waals surface area contributed by atoms with Gasteiger partial charge in [-0.3, -0.25) is 4.79 Å². The number of halogens is 3. The number of carbonyl (C=O) groups excluding carboxylic acids is 3. The van der Waals surface area contributed by atoms with Gasteiger partial charge in [-0.25, -0.2) is 82.9 Å². The van der Waals surface area contributed by atoms with Crippen LogP contribution in [0.25, 0.3) is 55.6 Å². The van der Waals surface area contributed by atoms with Crippen LogP contribution in [-0.2, 0) is 14.3 Å². The maximum Gasteiger partial charge on any atom is 0.446 e. The maximum atomic E-state index is 12.6. The molecule has 2 amide bonds. The van der Waals surface area contributed by atoms with Gasteiger partial charge in [0, 0.05) is 109 Å². The lowest BCUT2D eigenvalue weighted by Crippen LogP contribution is -2.44. The van der Waals surface area contributed by atoms with Gasteiger partial charge in [-0.1, -0.05) is 34.3 Å². The summed E-state index contributed by atoms with van der Waals surface area (Å²) in [6.45, 7) is 28.1. The lowest BCUT2D eigenvalue weighted by atomic mass is 9.84. The first kappa shape index (κ1) is 87.8. The van der Waals surface area contributed by atoms with Crippen LogP contribution in [0.5, 0.6) is 34.5 Å². The average Bonchev–Trinajstić information content (AvgIpc) is 1.40. The minimum atomic E-state index is -4.64. The average molecular weight is 1710 g/mol. The van der Waals surface area contributed by atoms with Crippen molar-refractivity contribution in [2.24, 2.45) is 17.8 Å². The summed E-state index contributed by atoms with van der Waals surface area (Å²) in [6.07, 6.45) is 12.3. The van der Waals surface area contributed by atoms with Crippen molar-refractivity contribution in [1.82, 2.24) is 104 Å². The van der Waals surface area contributed by atoms with E-state index in [9.17, 15) is 22.8 Å². The first-order valence-corrected chi connectivity index (χ1v) is 40.8. The van der Waals surface area contributed by atoms with E-state index >= 15 is 0 Å². The maximum absolute atomic E-state index is 12.6. The Kier molecular flexibility index (Phi) is 26.3. The predicted molar refractivity (Wildman–Crippen MR) is 472 cm³/mol. The molecule has 3 aromatic carbocycles. The van der Waals surface area contributed by atoms with Crippen LogP contribution in [0.4, 0.5) is 57.3 Å². The number of aldehydes is 1. The Labute approximate surface area is 723 Å². The van der Waals surface area contributed by atoms with Gasteiger partial charge in [0.2, 0.25) is 6.29 Å². The van der Waals surface area contributed by atoms with Gasteiger partial charge in [-0.2, -0.15) is 28.5 Å². The number of aromatic nitrogens is 18. The molecule has 5 atom stereocenters. The molecule has 126 heavy (non-hydrogen) atoms. The number of hydrogen-bond acceptors (Lipinski definition) is 27. The number of likely N-dealkylation sites (tertiary alicyclic amines) is 1. The Hall–Kier alpha value is -14.5. The van der Waals surface area contributed by atoms with Crippen LogP contribution in [0.1, 0.15) is 128 Å². The van der Waals surface area contributed by atoms with Crippen molar-refractivity contribution in [3.8, 4) is 34.5 Å². The summed E-state index contributed by atoms with van der Waals surface area (Å²) >= 11 is 0. The fourth-order valence-electron chi connectivity index (χ4n) is 14.9. The quantitative estimate of drug-likeness (QED) is 0.0693. The van der Waals surface area contributed by atoms with Crippen LogP contribution < -0.4 is 35.5 Å². The number of nitrogens with one attached hydrogen (secondary N) is 4. The highest BCUT2D eigenvalue weighted by Crippen LogP contribution is 2.39. The number of fused-ring (bicyclic) bond motifs is 6. The number of anilines is 6. The fourth-order valence-corrected chi connectivity index (χ4v) is 14.9. The topological polar surface area (TPSA) is 359 Å². The summed E-state index contributed by atoms with van der Waals surface area (Å²) < 4.78 is 65.8. The molecule has 18 rings (SSSR count). The number of rotatable bonds is 15. The summed E-state index contributed by atoms with van der Waals surface area (Å²) in [5.41, 5.74) is 15.1. The Morgan fingerprint density at radius 1 is 0.476 bits per heavy atom. The Morgan fingerprint density at radius 2 is 0.881 bits per heavy atom. The van der Waals surface area contributed by atoms with Gasteiger partial charge in [-0.15, -0.1) is 0 Å². The number of nitrogens with zero attached hydrogens (tertiary/aromatic N) is 20. The number of alkyl halides is 3. The number of ether oxygens (including phenoxy) is 5. The van der Waals surface area contributed by atoms with E-state index in [0.717, 1.165) is 127 Å². The monoisotopic (exact) mass is 1710 g/mol. The molecule has 3 aliphatic heterocycles. The second kappa shape index (κ2) is 37.7. The van der Waals surface area contributed by atoms with Gasteiger partial charge >= 0.3 is 18.4 Å². The normalized spacial score (nSPS) is 16.5. The van der Waals surface area contributed by atoms with Crippen LogP contribution in [0.2, 0.25) is 0 Å². The molecule has 0 radical (unpaired) electrons. The molecule has 0 aliphatic carbocycles. The second-order valence-electron chi connectivity index (χ2n) is 32.8. The fraction of sp³-hybridized carbons (Fsp3) is 0.319. The molecule has 15 aromatic rings. The number of piperidine rings is 2. The summed E-state index contributed by atoms with van der Waals surface area (Å²) in [4.78, 5) is 91.9. The van der Waals surface area contributed by atoms with Crippen LogP contribution in [0.15, 0.2) is 190 Å². The third kappa shape index (κ3) is 21.6. The van der Waals surface area contributed by atoms with E-state index in [4.69, 9.17) is 43.4 Å². The minimum Gasteiger partial charge on any atom is -0.457 e. The molecule has 35 heteroatoms. The molecular weight excluding hydrogens is 1610 g/mol. The van der Waals surface area contributed by atoms with E-state index < -0.39 is 23.7 Å². The van der Waals surface area contributed by atoms with Crippen molar-refractivity contribution in [2.75, 3.05) is 55.2 Å². The van der Waals surface area contributed by atoms with Gasteiger partial charge in [-0.05, 0) is 232 Å². The van der Waals surface area contributed by atoms with Gasteiger partial charge in [0.25, 0.3) is 0 Å². The van der Waals surface area contributed by atoms with Crippen molar-refractivity contribution in [3.05, 3.63) is 224 Å². The lowest BCUT2D eigenvalue weighted by molar-refractivity contribution is -0.156. The molecule has 12 aromatic heterocycles. The first-order valence-electron chi connectivity index (χ1n) is 40.8. The molecule has 2 saturated heterocycles. The standard InChI is InChI=1S/C31H34N8O3.C31H32N8O3.C26H26N8O.C2HF3O.CH4/c2*1-19-14-21(6-9-26(19)41-22-10-13-39-27(15-22)33-18-35-39)36-29-28-25(32-17-34-29)8-7-24(37-28)23-11-12-38(16-20(23)2)30(40)42-31(3,4)5;1-16-11-18(3-6-23(16)35-19-8-10-34-24(12-19)29-15-31-34)32-26-25-22(28-14-30-26)5-4-21(33-25)20-7-9-27-13-17(20)2;3-2(4,5)1-6;/h6-10,13-15,17-18,20,23H,11-12,16H2,1-5H3,(H,32,34,36);6-11,13-15,17-18,20H,12,16H2,1-5H3,(H,32,34,36);3-6,8,10-12,14-15,17,20,27H,7,9,13H2,1-2H3,(H,28,30,32);1H;1H4. The van der Waals surface area contributed by atoms with Crippen LogP contribution in [-0.4, -0.2) is 174 Å². The summed E-state index contributed by atoms with van der Waals surface area (Å²) in [5, 5.41) is 26.1. The van der Waals surface area contributed by atoms with Crippen LogP contribution in [0, 0.1) is 38.5 Å². The Bertz CT molecular complexity index is 6490. The van der Waals surface area contributed by atoms with E-state index in [1.165, 1.54) is 25.3 Å². The number of hydrogen-bond donors (Lipinski definition) is 4. The van der Waals surface area contributed by atoms with E-state index in [2.05, 4.69) is 108 Å². The SMILES string of the molecule is C.Cc1cc(Nc2ncnc3ccc(C4=CCN(C(=O)OC(C)(C)C)CC4C)nc23)ccc1Oc1ccn2ncnc2c1.Cc1cc(Nc2ncnc3ccc(C4CCN(C(=O)OC(C)(C)C)CC4C)nc23)ccc1Oc1ccn2ncnc2c1.Cc1cc(Nc2ncnc3ccc(C4CCNCC4C)nc23)ccc1Oc1ccn2ncnc2c1.O=CC(F)(F)F. The molecule has 4 N–H and O–H groups in total. The summed E-state index contributed by atoms with van der Waals surface area (Å²) in [5.74, 6) is 7.73. The zero-order valence-electron chi connectivity index (χ0n) is 70.9. The van der Waals surface area contributed by atoms with Crippen molar-refractivity contribution in [2.45, 2.75) is 133 Å². The molecule has 0 bridgehead atoms. The number of amides is 2. The highest BCUT2D eigenvalue weighted by atomic mass is 19.4. The molecule has 0 saturated carbocycles. The van der Waals surface area contributed by atoms with E-state index in [0.29, 0.717) is 95.0 Å². The largest absolute Gasteiger partial charge is 0.457 e. The first-order chi connectivity index (χ1) is 59.9. The van der Waals surface area contributed by atoms with E-state index in [1.54, 1.807) is 36.0 Å². The number of aryl methyl sites for hydroxylation is 3. The highest BCUT2D eigenvalue weighted by Gasteiger charge is 2.34. The summed E-state index contributed by atoms with van der Waals surface area (Å²) in [6, 6.07) is 40.9. The Morgan fingerprint density at radius 3 is 1.27 bits per heavy atom. The minimum absolute atomic E-state index is 0. The molecule has 3 aliphatic rings. The summed E-state index contributed by atoms with van der Waals surface area (Å²) in [7, 11) is 0. The van der Waals surface area contributed by atoms with Gasteiger partial charge < -0.3 is 54.8 Å². The number of benzene rings is 3. The molecule has 0 spiro atoms. The van der Waals surface area contributed by atoms with Crippen LogP contribution >= 0.6 is 0 Å². The third-order valence-electron chi connectivity index (χ3n) is 21.0. The van der Waals surface area contributed by atoms with E-state index in [1.807, 2.05) is 208 Å². The van der Waals surface area contributed by atoms with Gasteiger partial charge in [0.1, 0.15) is 100 Å². The number of pyridine rings is 6. The van der Waals surface area contributed by atoms with Gasteiger partial charge in [0.15, 0.2) is 34.4 Å². The smallest absolute Gasteiger partial charge is 0.446 e. The van der Waals surface area contributed by atoms with Crippen molar-refractivity contribution in [1.29, 1.82) is 0 Å². The molecular formula is C91H97F3N24O8. The van der Waals surface area contributed by atoms with E-state index in [-0.39, 0.29) is 37.4 Å². The van der Waals surface area contributed by atoms with Gasteiger partial charge in [0.05, 0.1) is 22.2 Å². The molecule has 2 fully saturated rings. The molecule has 650 valence electrons. The second-order valence-corrected chi connectivity index (χ2v) is 32.8. The van der Waals surface area contributed by atoms with Crippen molar-refractivity contribution in [3.63, 3.8) is 0 Å². The van der Waals surface area contributed by atoms with Crippen LogP contribution in [0.3, 0.4) is 0 Å².